The summed E-state index contributed by atoms with van der Waals surface area (Å²) in [4.78, 5) is 30.1. The second-order valence-electron chi connectivity index (χ2n) is 7.07. The Morgan fingerprint density at radius 2 is 1.86 bits per heavy atom. The molecule has 1 saturated heterocycles. The van der Waals surface area contributed by atoms with E-state index in [0.717, 1.165) is 28.7 Å². The normalized spacial score (nSPS) is 17.6. The summed E-state index contributed by atoms with van der Waals surface area (Å²) in [7, 11) is 1.95. The Morgan fingerprint density at radius 1 is 1.18 bits per heavy atom. The first kappa shape index (κ1) is 20.6. The van der Waals surface area contributed by atoms with E-state index in [-0.39, 0.29) is 17.9 Å². The lowest BCUT2D eigenvalue weighted by atomic mass is 10.0. The number of anilines is 1. The molecule has 5 nitrogen and oxygen atoms in total. The Balaban J connectivity index is 1.78. The molecule has 2 aromatic rings. The molecule has 0 radical (unpaired) electrons. The highest BCUT2D eigenvalue weighted by Crippen LogP contribution is 2.28. The smallest absolute Gasteiger partial charge is 0.247 e. The molecule has 2 unspecified atom stereocenters. The number of carbonyl (C=O) groups excluding carboxylic acids is 2. The minimum absolute atomic E-state index is 0.0102. The number of amides is 2. The molecule has 1 fully saturated rings. The molecule has 148 valence electrons. The third kappa shape index (κ3) is 4.62. The lowest BCUT2D eigenvalue weighted by Crippen LogP contribution is -2.48. The Hall–Kier alpha value is -2.18. The first-order chi connectivity index (χ1) is 13.5. The van der Waals surface area contributed by atoms with Crippen LogP contribution in [0.3, 0.4) is 0 Å². The highest BCUT2D eigenvalue weighted by molar-refractivity contribution is 9.10. The van der Waals surface area contributed by atoms with Crippen molar-refractivity contribution in [2.24, 2.45) is 0 Å². The van der Waals surface area contributed by atoms with Crippen LogP contribution in [0, 0.1) is 0 Å². The Bertz CT molecular complexity index is 810. The van der Waals surface area contributed by atoms with Gasteiger partial charge in [-0.25, -0.2) is 0 Å². The van der Waals surface area contributed by atoms with E-state index in [2.05, 4.69) is 21.2 Å². The molecule has 2 aromatic carbocycles. The zero-order chi connectivity index (χ0) is 20.1. The summed E-state index contributed by atoms with van der Waals surface area (Å²) >= 11 is 3.39. The summed E-state index contributed by atoms with van der Waals surface area (Å²) in [6.07, 6.45) is 1.52. The molecule has 6 heteroatoms. The lowest BCUT2D eigenvalue weighted by Gasteiger charge is -2.33. The Morgan fingerprint density at radius 3 is 2.50 bits per heavy atom. The van der Waals surface area contributed by atoms with Gasteiger partial charge in [-0.3, -0.25) is 14.5 Å². The fourth-order valence-corrected chi connectivity index (χ4v) is 3.89. The molecule has 2 amide bonds. The SMILES string of the molecule is CCN(C)C(C(=O)N1CCCC1C(=O)Nc1ccc(Br)cc1)c1ccccc1. The van der Waals surface area contributed by atoms with Crippen molar-refractivity contribution in [1.29, 1.82) is 0 Å². The molecule has 3 rings (SSSR count). The van der Waals surface area contributed by atoms with Crippen molar-refractivity contribution in [1.82, 2.24) is 9.80 Å². The van der Waals surface area contributed by atoms with Crippen molar-refractivity contribution in [2.75, 3.05) is 25.5 Å². The van der Waals surface area contributed by atoms with Gasteiger partial charge in [0.05, 0.1) is 0 Å². The quantitative estimate of drug-likeness (QED) is 0.731. The van der Waals surface area contributed by atoms with Gasteiger partial charge >= 0.3 is 0 Å². The summed E-state index contributed by atoms with van der Waals surface area (Å²) in [5.41, 5.74) is 1.69. The van der Waals surface area contributed by atoms with Gasteiger partial charge in [-0.05, 0) is 56.3 Å². The van der Waals surface area contributed by atoms with Crippen molar-refractivity contribution < 1.29 is 9.59 Å². The fraction of sp³-hybridized carbons (Fsp3) is 0.364. The van der Waals surface area contributed by atoms with E-state index >= 15 is 0 Å². The Kier molecular flexibility index (Phi) is 6.86. The third-order valence-electron chi connectivity index (χ3n) is 5.24. The minimum atomic E-state index is -0.437. The molecule has 1 aliphatic heterocycles. The van der Waals surface area contributed by atoms with Gasteiger partial charge in [-0.1, -0.05) is 53.2 Å². The maximum Gasteiger partial charge on any atom is 0.247 e. The van der Waals surface area contributed by atoms with Gasteiger partial charge in [0.25, 0.3) is 0 Å². The first-order valence-corrected chi connectivity index (χ1v) is 10.4. The number of hydrogen-bond acceptors (Lipinski definition) is 3. The first-order valence-electron chi connectivity index (χ1n) is 9.63. The maximum absolute atomic E-state index is 13.5. The number of likely N-dealkylation sites (N-methyl/N-ethyl adjacent to an activating group) is 1. The molecular weight excluding hydrogens is 418 g/mol. The van der Waals surface area contributed by atoms with Gasteiger partial charge in [-0.2, -0.15) is 0 Å². The zero-order valence-corrected chi connectivity index (χ0v) is 17.9. The highest BCUT2D eigenvalue weighted by Gasteiger charge is 2.38. The van der Waals surface area contributed by atoms with Crippen molar-refractivity contribution in [3.63, 3.8) is 0 Å². The standard InChI is InChI=1S/C22H26BrN3O2/c1-3-25(2)20(16-8-5-4-6-9-16)22(28)26-15-7-10-19(26)21(27)24-18-13-11-17(23)12-14-18/h4-6,8-9,11-14,19-20H,3,7,10,15H2,1-2H3,(H,24,27). The van der Waals surface area contributed by atoms with E-state index in [1.165, 1.54) is 0 Å². The maximum atomic E-state index is 13.5. The molecule has 2 atom stereocenters. The van der Waals surface area contributed by atoms with Crippen molar-refractivity contribution >= 4 is 33.4 Å². The predicted molar refractivity (Wildman–Crippen MR) is 115 cm³/mol. The minimum Gasteiger partial charge on any atom is -0.329 e. The van der Waals surface area contributed by atoms with Gasteiger partial charge in [0.15, 0.2) is 0 Å². The summed E-state index contributed by atoms with van der Waals surface area (Å²) in [5.74, 6) is -0.136. The number of nitrogens with one attached hydrogen (secondary N) is 1. The van der Waals surface area contributed by atoms with Crippen LogP contribution < -0.4 is 5.32 Å². The number of likely N-dealkylation sites (tertiary alicyclic amines) is 1. The summed E-state index contributed by atoms with van der Waals surface area (Å²) in [5, 5.41) is 2.95. The van der Waals surface area contributed by atoms with E-state index in [4.69, 9.17) is 0 Å². The molecule has 0 aliphatic carbocycles. The number of nitrogens with zero attached hydrogens (tertiary/aromatic N) is 2. The van der Waals surface area contributed by atoms with Crippen LogP contribution in [0.15, 0.2) is 59.1 Å². The second kappa shape index (κ2) is 9.34. The topological polar surface area (TPSA) is 52.7 Å². The van der Waals surface area contributed by atoms with E-state index < -0.39 is 6.04 Å². The molecule has 28 heavy (non-hydrogen) atoms. The molecule has 1 heterocycles. The Labute approximate surface area is 174 Å². The molecule has 1 N–H and O–H groups in total. The van der Waals surface area contributed by atoms with Crippen molar-refractivity contribution in [3.05, 3.63) is 64.6 Å². The van der Waals surface area contributed by atoms with Gasteiger partial charge < -0.3 is 10.2 Å². The van der Waals surface area contributed by atoms with Crippen LogP contribution in [0.2, 0.25) is 0 Å². The van der Waals surface area contributed by atoms with Crippen molar-refractivity contribution in [3.8, 4) is 0 Å². The average Bonchev–Trinajstić information content (AvgIpc) is 3.20. The summed E-state index contributed by atoms with van der Waals surface area (Å²) in [6.45, 7) is 3.39. The van der Waals surface area contributed by atoms with E-state index in [1.807, 2.05) is 73.5 Å². The second-order valence-corrected chi connectivity index (χ2v) is 7.99. The van der Waals surface area contributed by atoms with Crippen LogP contribution in [-0.2, 0) is 9.59 Å². The average molecular weight is 444 g/mol. The molecule has 0 aromatic heterocycles. The van der Waals surface area contributed by atoms with E-state index in [9.17, 15) is 9.59 Å². The zero-order valence-electron chi connectivity index (χ0n) is 16.3. The molecular formula is C22H26BrN3O2. The number of halogens is 1. The van der Waals surface area contributed by atoms with Crippen LogP contribution >= 0.6 is 15.9 Å². The largest absolute Gasteiger partial charge is 0.329 e. The van der Waals surface area contributed by atoms with Gasteiger partial charge in [0.2, 0.25) is 11.8 Å². The fourth-order valence-electron chi connectivity index (χ4n) is 3.62. The van der Waals surface area contributed by atoms with Crippen LogP contribution in [-0.4, -0.2) is 47.8 Å². The number of carbonyl (C=O) groups is 2. The van der Waals surface area contributed by atoms with Gasteiger partial charge in [0, 0.05) is 16.7 Å². The van der Waals surface area contributed by atoms with Crippen LogP contribution in [0.1, 0.15) is 31.4 Å². The molecule has 1 aliphatic rings. The van der Waals surface area contributed by atoms with E-state index in [0.29, 0.717) is 13.0 Å². The van der Waals surface area contributed by atoms with Crippen LogP contribution in [0.4, 0.5) is 5.69 Å². The monoisotopic (exact) mass is 443 g/mol. The summed E-state index contributed by atoms with van der Waals surface area (Å²) < 4.78 is 0.955. The lowest BCUT2D eigenvalue weighted by molar-refractivity contribution is -0.141. The number of benzene rings is 2. The number of hydrogen-bond donors (Lipinski definition) is 1. The number of rotatable bonds is 6. The van der Waals surface area contributed by atoms with Crippen molar-refractivity contribution in [2.45, 2.75) is 31.8 Å². The molecule has 0 bridgehead atoms. The predicted octanol–water partition coefficient (Wildman–Crippen LogP) is 4.07. The molecule has 0 saturated carbocycles. The van der Waals surface area contributed by atoms with Crippen LogP contribution in [0.5, 0.6) is 0 Å². The van der Waals surface area contributed by atoms with Gasteiger partial charge in [-0.15, -0.1) is 0 Å². The summed E-state index contributed by atoms with van der Waals surface area (Å²) in [6, 6.07) is 16.4. The van der Waals surface area contributed by atoms with Crippen LogP contribution in [0.25, 0.3) is 0 Å². The van der Waals surface area contributed by atoms with Gasteiger partial charge in [0.1, 0.15) is 12.1 Å². The van der Waals surface area contributed by atoms with E-state index in [1.54, 1.807) is 4.90 Å². The molecule has 0 spiro atoms. The third-order valence-corrected chi connectivity index (χ3v) is 5.77. The highest BCUT2D eigenvalue weighted by atomic mass is 79.9.